The number of anilines is 2. The highest BCUT2D eigenvalue weighted by Crippen LogP contribution is 2.31. The topological polar surface area (TPSA) is 88.0 Å². The van der Waals surface area contributed by atoms with Crippen molar-refractivity contribution >= 4 is 23.0 Å². The lowest BCUT2D eigenvalue weighted by atomic mass is 10.1. The zero-order chi connectivity index (χ0) is 21.0. The van der Waals surface area contributed by atoms with Crippen LogP contribution >= 0.6 is 0 Å². The number of carbonyl (C=O) groups excluding carboxylic acids is 1. The van der Waals surface area contributed by atoms with E-state index in [9.17, 15) is 14.9 Å². The van der Waals surface area contributed by atoms with Gasteiger partial charge in [0.25, 0.3) is 11.6 Å². The van der Waals surface area contributed by atoms with Crippen LogP contribution in [0.5, 0.6) is 5.75 Å². The zero-order valence-corrected chi connectivity index (χ0v) is 16.9. The lowest BCUT2D eigenvalue weighted by molar-refractivity contribution is -0.384. The number of hydrogen-bond acceptors (Lipinski definition) is 6. The molecule has 0 aromatic heterocycles. The minimum atomic E-state index is -0.419. The van der Waals surface area contributed by atoms with E-state index < -0.39 is 4.92 Å². The molecule has 0 atom stereocenters. The van der Waals surface area contributed by atoms with Gasteiger partial charge in [-0.15, -0.1) is 0 Å². The number of nitro benzene ring substituents is 1. The first-order chi connectivity index (χ1) is 13.9. The van der Waals surface area contributed by atoms with E-state index in [-0.39, 0.29) is 17.6 Å². The van der Waals surface area contributed by atoms with Crippen LogP contribution in [0.2, 0.25) is 0 Å². The number of amides is 1. The van der Waals surface area contributed by atoms with Crippen LogP contribution in [-0.4, -0.2) is 50.2 Å². The number of rotatable bonds is 6. The third-order valence-corrected chi connectivity index (χ3v) is 4.91. The molecule has 1 saturated heterocycles. The lowest BCUT2D eigenvalue weighted by Gasteiger charge is -2.37. The summed E-state index contributed by atoms with van der Waals surface area (Å²) in [5.74, 6) is 0.503. The summed E-state index contributed by atoms with van der Waals surface area (Å²) in [4.78, 5) is 27.7. The molecule has 2 aromatic rings. The molecule has 1 fully saturated rings. The minimum absolute atomic E-state index is 0.0349. The fourth-order valence-electron chi connectivity index (χ4n) is 3.42. The average molecular weight is 398 g/mol. The van der Waals surface area contributed by atoms with Crippen LogP contribution in [-0.2, 0) is 0 Å². The number of piperazine rings is 1. The summed E-state index contributed by atoms with van der Waals surface area (Å²) in [7, 11) is 1.64. The maximum atomic E-state index is 12.2. The first kappa shape index (κ1) is 20.4. The van der Waals surface area contributed by atoms with Gasteiger partial charge in [0.2, 0.25) is 0 Å². The highest BCUT2D eigenvalue weighted by Gasteiger charge is 2.25. The van der Waals surface area contributed by atoms with E-state index >= 15 is 0 Å². The van der Waals surface area contributed by atoms with E-state index in [1.807, 2.05) is 43.0 Å². The molecule has 0 bridgehead atoms. The van der Waals surface area contributed by atoms with Crippen LogP contribution in [0.4, 0.5) is 17.1 Å². The van der Waals surface area contributed by atoms with Crippen LogP contribution in [0, 0.1) is 10.1 Å². The predicted octanol–water partition coefficient (Wildman–Crippen LogP) is 3.07. The van der Waals surface area contributed by atoms with Crippen molar-refractivity contribution in [2.75, 3.05) is 43.1 Å². The highest BCUT2D eigenvalue weighted by molar-refractivity contribution is 5.96. The number of hydrogen-bond donors (Lipinski definition) is 1. The summed E-state index contributed by atoms with van der Waals surface area (Å²) < 4.78 is 5.20. The molecule has 1 N–H and O–H groups in total. The maximum absolute atomic E-state index is 12.2. The quantitative estimate of drug-likeness (QED) is 0.594. The number of carbonyl (C=O) groups is 1. The van der Waals surface area contributed by atoms with Gasteiger partial charge < -0.3 is 19.9 Å². The van der Waals surface area contributed by atoms with Crippen LogP contribution in [0.15, 0.2) is 42.5 Å². The third-order valence-electron chi connectivity index (χ3n) is 4.91. The van der Waals surface area contributed by atoms with Gasteiger partial charge in [0, 0.05) is 49.5 Å². The van der Waals surface area contributed by atoms with Crippen molar-refractivity contribution in [2.24, 2.45) is 0 Å². The van der Waals surface area contributed by atoms with E-state index in [0.717, 1.165) is 24.5 Å². The summed E-state index contributed by atoms with van der Waals surface area (Å²) >= 11 is 0. The fraction of sp³-hybridized carbons (Fsp3) is 0.381. The molecule has 0 unspecified atom stereocenters. The predicted molar refractivity (Wildman–Crippen MR) is 113 cm³/mol. The Morgan fingerprint density at radius 1 is 1.07 bits per heavy atom. The molecular formula is C21H26N4O4. The number of ether oxygens (including phenoxy) is 1. The van der Waals surface area contributed by atoms with Crippen molar-refractivity contribution in [3.8, 4) is 5.75 Å². The monoisotopic (exact) mass is 398 g/mol. The molecule has 0 spiro atoms. The smallest absolute Gasteiger partial charge is 0.293 e. The van der Waals surface area contributed by atoms with Gasteiger partial charge in [-0.3, -0.25) is 14.9 Å². The van der Waals surface area contributed by atoms with Crippen LogP contribution < -0.4 is 19.9 Å². The molecule has 154 valence electrons. The Morgan fingerprint density at radius 2 is 1.69 bits per heavy atom. The number of nitro groups is 1. The zero-order valence-electron chi connectivity index (χ0n) is 16.9. The average Bonchev–Trinajstić information content (AvgIpc) is 2.73. The summed E-state index contributed by atoms with van der Waals surface area (Å²) in [5.41, 5.74) is 1.90. The maximum Gasteiger partial charge on any atom is 0.293 e. The molecule has 1 aliphatic rings. The molecule has 1 heterocycles. The summed E-state index contributed by atoms with van der Waals surface area (Å²) in [5, 5.41) is 14.4. The Bertz CT molecular complexity index is 875. The standard InChI is InChI=1S/C21H26N4O4/c1-15(2)22-21(26)16-4-9-19(20(14-16)25(27)28)24-12-10-23(11-13-24)17-5-7-18(29-3)8-6-17/h4-9,14-15H,10-13H2,1-3H3,(H,22,26). The van der Waals surface area contributed by atoms with Crippen LogP contribution in [0.1, 0.15) is 24.2 Å². The molecule has 2 aromatic carbocycles. The fourth-order valence-corrected chi connectivity index (χ4v) is 3.42. The molecule has 0 aliphatic carbocycles. The second kappa shape index (κ2) is 8.81. The molecule has 1 amide bonds. The van der Waals surface area contributed by atoms with Gasteiger partial charge in [0.1, 0.15) is 11.4 Å². The first-order valence-electron chi connectivity index (χ1n) is 9.62. The molecule has 8 nitrogen and oxygen atoms in total. The first-order valence-corrected chi connectivity index (χ1v) is 9.62. The van der Waals surface area contributed by atoms with Gasteiger partial charge in [-0.2, -0.15) is 0 Å². The van der Waals surface area contributed by atoms with E-state index in [4.69, 9.17) is 4.74 Å². The molecule has 0 radical (unpaired) electrons. The van der Waals surface area contributed by atoms with Crippen molar-refractivity contribution in [1.29, 1.82) is 0 Å². The second-order valence-electron chi connectivity index (χ2n) is 7.26. The Hall–Kier alpha value is -3.29. The van der Waals surface area contributed by atoms with Gasteiger partial charge in [-0.1, -0.05) is 0 Å². The van der Waals surface area contributed by atoms with Crippen molar-refractivity contribution < 1.29 is 14.5 Å². The Kier molecular flexibility index (Phi) is 6.21. The van der Waals surface area contributed by atoms with Crippen LogP contribution in [0.25, 0.3) is 0 Å². The Balaban J connectivity index is 1.73. The Labute approximate surface area is 170 Å². The molecule has 0 saturated carbocycles. The molecular weight excluding hydrogens is 372 g/mol. The Morgan fingerprint density at radius 3 is 2.24 bits per heavy atom. The van der Waals surface area contributed by atoms with Crippen molar-refractivity contribution in [3.05, 3.63) is 58.1 Å². The largest absolute Gasteiger partial charge is 0.497 e. The molecule has 3 rings (SSSR count). The van der Waals surface area contributed by atoms with Crippen molar-refractivity contribution in [1.82, 2.24) is 5.32 Å². The number of benzene rings is 2. The van der Waals surface area contributed by atoms with Crippen LogP contribution in [0.3, 0.4) is 0 Å². The number of nitrogens with zero attached hydrogens (tertiary/aromatic N) is 3. The molecule has 8 heteroatoms. The number of methoxy groups -OCH3 is 1. The second-order valence-corrected chi connectivity index (χ2v) is 7.26. The minimum Gasteiger partial charge on any atom is -0.497 e. The van der Waals surface area contributed by atoms with Gasteiger partial charge >= 0.3 is 0 Å². The lowest BCUT2D eigenvalue weighted by Crippen LogP contribution is -2.46. The summed E-state index contributed by atoms with van der Waals surface area (Å²) in [6.45, 7) is 6.51. The van der Waals surface area contributed by atoms with Crippen molar-refractivity contribution in [2.45, 2.75) is 19.9 Å². The molecule has 1 aliphatic heterocycles. The van der Waals surface area contributed by atoms with E-state index in [2.05, 4.69) is 10.2 Å². The van der Waals surface area contributed by atoms with E-state index in [1.165, 1.54) is 6.07 Å². The van der Waals surface area contributed by atoms with Crippen molar-refractivity contribution in [3.63, 3.8) is 0 Å². The SMILES string of the molecule is COc1ccc(N2CCN(c3ccc(C(=O)NC(C)C)cc3[N+](=O)[O-])CC2)cc1. The van der Waals surface area contributed by atoms with Gasteiger partial charge in [-0.05, 0) is 50.2 Å². The highest BCUT2D eigenvalue weighted by atomic mass is 16.6. The van der Waals surface area contributed by atoms with Gasteiger partial charge in [0.05, 0.1) is 12.0 Å². The summed E-state index contributed by atoms with van der Waals surface area (Å²) in [6, 6.07) is 12.5. The molecule has 29 heavy (non-hydrogen) atoms. The summed E-state index contributed by atoms with van der Waals surface area (Å²) in [6.07, 6.45) is 0. The van der Waals surface area contributed by atoms with Gasteiger partial charge in [-0.25, -0.2) is 0 Å². The van der Waals surface area contributed by atoms with E-state index in [0.29, 0.717) is 24.3 Å². The van der Waals surface area contributed by atoms with Gasteiger partial charge in [0.15, 0.2) is 0 Å². The third kappa shape index (κ3) is 4.77. The van der Waals surface area contributed by atoms with E-state index in [1.54, 1.807) is 19.2 Å². The normalized spacial score (nSPS) is 14.1. The number of nitrogens with one attached hydrogen (secondary N) is 1.